The highest BCUT2D eigenvalue weighted by Gasteiger charge is 2.20. The number of methoxy groups -OCH3 is 1. The van der Waals surface area contributed by atoms with E-state index in [0.717, 1.165) is 27.8 Å². The fourth-order valence-electron chi connectivity index (χ4n) is 2.38. The normalized spacial score (nSPS) is 12.3. The molecule has 3 heteroatoms. The topological polar surface area (TPSA) is 42.4 Å². The minimum atomic E-state index is -0.718. The van der Waals surface area contributed by atoms with Crippen molar-refractivity contribution >= 4 is 0 Å². The number of hydrogen-bond donors (Lipinski definition) is 1. The molecule has 19 heavy (non-hydrogen) atoms. The highest BCUT2D eigenvalue weighted by molar-refractivity contribution is 5.48. The Bertz CT molecular complexity index is 593. The van der Waals surface area contributed by atoms with E-state index in [-0.39, 0.29) is 0 Å². The maximum Gasteiger partial charge on any atom is 0.125 e. The van der Waals surface area contributed by atoms with Crippen LogP contribution in [0.5, 0.6) is 5.75 Å². The Kier molecular flexibility index (Phi) is 3.86. The molecule has 0 radical (unpaired) electrons. The van der Waals surface area contributed by atoms with Gasteiger partial charge in [-0.3, -0.25) is 4.98 Å². The third kappa shape index (κ3) is 2.61. The molecule has 3 nitrogen and oxygen atoms in total. The summed E-state index contributed by atoms with van der Waals surface area (Å²) in [5.74, 6) is 0.716. The summed E-state index contributed by atoms with van der Waals surface area (Å²) >= 11 is 0. The number of pyridine rings is 1. The first-order valence-electron chi connectivity index (χ1n) is 6.28. The molecule has 2 aromatic rings. The third-order valence-corrected chi connectivity index (χ3v) is 3.36. The van der Waals surface area contributed by atoms with Gasteiger partial charge in [0.1, 0.15) is 11.9 Å². The number of aromatic nitrogens is 1. The molecule has 0 bridgehead atoms. The molecule has 1 N–H and O–H groups in total. The van der Waals surface area contributed by atoms with E-state index in [9.17, 15) is 5.11 Å². The number of nitrogens with zero attached hydrogens (tertiary/aromatic N) is 1. The molecule has 1 aromatic carbocycles. The second kappa shape index (κ2) is 5.41. The fourth-order valence-corrected chi connectivity index (χ4v) is 2.38. The summed E-state index contributed by atoms with van der Waals surface area (Å²) in [6.45, 7) is 5.97. The number of rotatable bonds is 3. The Morgan fingerprint density at radius 3 is 2.53 bits per heavy atom. The van der Waals surface area contributed by atoms with Gasteiger partial charge >= 0.3 is 0 Å². The monoisotopic (exact) mass is 257 g/mol. The van der Waals surface area contributed by atoms with Crippen LogP contribution in [0, 0.1) is 20.8 Å². The van der Waals surface area contributed by atoms with Crippen molar-refractivity contribution in [1.82, 2.24) is 4.98 Å². The molecule has 0 amide bonds. The van der Waals surface area contributed by atoms with Crippen molar-refractivity contribution in [2.45, 2.75) is 26.9 Å². The Hall–Kier alpha value is -1.87. The van der Waals surface area contributed by atoms with Crippen LogP contribution >= 0.6 is 0 Å². The van der Waals surface area contributed by atoms with Gasteiger partial charge in [0.05, 0.1) is 7.11 Å². The van der Waals surface area contributed by atoms with Gasteiger partial charge in [-0.2, -0.15) is 0 Å². The van der Waals surface area contributed by atoms with Crippen molar-refractivity contribution in [3.63, 3.8) is 0 Å². The van der Waals surface area contributed by atoms with Gasteiger partial charge in [0.2, 0.25) is 0 Å². The minimum Gasteiger partial charge on any atom is -0.496 e. The number of benzene rings is 1. The van der Waals surface area contributed by atoms with Crippen molar-refractivity contribution in [2.24, 2.45) is 0 Å². The van der Waals surface area contributed by atoms with E-state index < -0.39 is 6.10 Å². The molecular weight excluding hydrogens is 238 g/mol. The molecule has 0 saturated heterocycles. The summed E-state index contributed by atoms with van der Waals surface area (Å²) in [7, 11) is 1.63. The second-order valence-corrected chi connectivity index (χ2v) is 4.83. The van der Waals surface area contributed by atoms with Crippen LogP contribution in [0.2, 0.25) is 0 Å². The molecule has 2 rings (SSSR count). The minimum absolute atomic E-state index is 0.716. The third-order valence-electron chi connectivity index (χ3n) is 3.36. The molecule has 0 aliphatic heterocycles. The Balaban J connectivity index is 2.56. The molecule has 1 atom stereocenters. The largest absolute Gasteiger partial charge is 0.496 e. The van der Waals surface area contributed by atoms with Crippen LogP contribution < -0.4 is 4.74 Å². The molecule has 0 saturated carbocycles. The number of hydrogen-bond acceptors (Lipinski definition) is 3. The zero-order chi connectivity index (χ0) is 14.0. The summed E-state index contributed by atoms with van der Waals surface area (Å²) in [6.07, 6.45) is 2.72. The Labute approximate surface area is 113 Å². The van der Waals surface area contributed by atoms with Gasteiger partial charge in [-0.15, -0.1) is 0 Å². The lowest BCUT2D eigenvalue weighted by Crippen LogP contribution is -2.07. The number of aryl methyl sites for hydroxylation is 3. The summed E-state index contributed by atoms with van der Waals surface area (Å²) in [5, 5.41) is 10.6. The smallest absolute Gasteiger partial charge is 0.125 e. The fraction of sp³-hybridized carbons (Fsp3) is 0.312. The van der Waals surface area contributed by atoms with E-state index in [2.05, 4.69) is 4.98 Å². The van der Waals surface area contributed by atoms with Crippen LogP contribution in [0.15, 0.2) is 30.6 Å². The molecule has 0 fully saturated rings. The lowest BCUT2D eigenvalue weighted by Gasteiger charge is -2.19. The van der Waals surface area contributed by atoms with Crippen LogP contribution in [-0.4, -0.2) is 17.2 Å². The van der Waals surface area contributed by atoms with Crippen LogP contribution in [0.3, 0.4) is 0 Å². The molecule has 100 valence electrons. The van der Waals surface area contributed by atoms with Gasteiger partial charge in [0.25, 0.3) is 0 Å². The summed E-state index contributed by atoms with van der Waals surface area (Å²) in [6, 6.07) is 5.89. The molecule has 0 spiro atoms. The van der Waals surface area contributed by atoms with E-state index in [4.69, 9.17) is 4.74 Å². The average molecular weight is 257 g/mol. The first kappa shape index (κ1) is 13.6. The van der Waals surface area contributed by atoms with Crippen molar-refractivity contribution in [2.75, 3.05) is 7.11 Å². The predicted molar refractivity (Wildman–Crippen MR) is 75.5 cm³/mol. The first-order chi connectivity index (χ1) is 9.04. The Morgan fingerprint density at radius 1 is 1.16 bits per heavy atom. The van der Waals surface area contributed by atoms with Crippen LogP contribution in [-0.2, 0) is 0 Å². The zero-order valence-corrected chi connectivity index (χ0v) is 11.8. The molecule has 1 aromatic heterocycles. The lowest BCUT2D eigenvalue weighted by atomic mass is 9.94. The summed E-state index contributed by atoms with van der Waals surface area (Å²) < 4.78 is 5.41. The SMILES string of the molecule is COc1cc(C)cc(C)c1C(O)c1cnccc1C. The Morgan fingerprint density at radius 2 is 1.89 bits per heavy atom. The molecular formula is C16H19NO2. The number of ether oxygens (including phenoxy) is 1. The molecule has 1 heterocycles. The van der Waals surface area contributed by atoms with E-state index in [0.29, 0.717) is 5.75 Å². The van der Waals surface area contributed by atoms with Gasteiger partial charge in [0.15, 0.2) is 0 Å². The van der Waals surface area contributed by atoms with Gasteiger partial charge in [0, 0.05) is 23.5 Å². The van der Waals surface area contributed by atoms with Crippen molar-refractivity contribution in [3.05, 3.63) is 58.4 Å². The predicted octanol–water partition coefficient (Wildman–Crippen LogP) is 3.10. The molecule has 0 aliphatic carbocycles. The number of aliphatic hydroxyl groups is 1. The maximum atomic E-state index is 10.6. The van der Waals surface area contributed by atoms with Crippen LogP contribution in [0.4, 0.5) is 0 Å². The van der Waals surface area contributed by atoms with Gasteiger partial charge in [-0.1, -0.05) is 6.07 Å². The first-order valence-corrected chi connectivity index (χ1v) is 6.28. The highest BCUT2D eigenvalue weighted by Crippen LogP contribution is 2.34. The van der Waals surface area contributed by atoms with Gasteiger partial charge in [-0.05, 0) is 49.6 Å². The second-order valence-electron chi connectivity index (χ2n) is 4.83. The standard InChI is InChI=1S/C16H19NO2/c1-10-7-12(3)15(14(8-10)19-4)16(18)13-9-17-6-5-11(13)2/h5-9,16,18H,1-4H3. The lowest BCUT2D eigenvalue weighted by molar-refractivity contribution is 0.212. The van der Waals surface area contributed by atoms with Crippen LogP contribution in [0.25, 0.3) is 0 Å². The molecule has 0 aliphatic rings. The van der Waals surface area contributed by atoms with E-state index in [1.165, 1.54) is 0 Å². The van der Waals surface area contributed by atoms with Crippen LogP contribution in [0.1, 0.15) is 33.9 Å². The highest BCUT2D eigenvalue weighted by atomic mass is 16.5. The van der Waals surface area contributed by atoms with E-state index in [1.54, 1.807) is 19.5 Å². The van der Waals surface area contributed by atoms with Crippen molar-refractivity contribution in [1.29, 1.82) is 0 Å². The van der Waals surface area contributed by atoms with Crippen molar-refractivity contribution < 1.29 is 9.84 Å². The van der Waals surface area contributed by atoms with Gasteiger partial charge < -0.3 is 9.84 Å². The van der Waals surface area contributed by atoms with E-state index >= 15 is 0 Å². The zero-order valence-electron chi connectivity index (χ0n) is 11.8. The molecule has 1 unspecified atom stereocenters. The summed E-state index contributed by atoms with van der Waals surface area (Å²) in [5.41, 5.74) is 4.78. The van der Waals surface area contributed by atoms with E-state index in [1.807, 2.05) is 39.0 Å². The average Bonchev–Trinajstić information content (AvgIpc) is 2.37. The number of aliphatic hydroxyl groups excluding tert-OH is 1. The summed E-state index contributed by atoms with van der Waals surface area (Å²) in [4.78, 5) is 4.09. The van der Waals surface area contributed by atoms with Gasteiger partial charge in [-0.25, -0.2) is 0 Å². The van der Waals surface area contributed by atoms with Crippen molar-refractivity contribution in [3.8, 4) is 5.75 Å². The quantitative estimate of drug-likeness (QED) is 0.918. The maximum absolute atomic E-state index is 10.6.